The molecule has 0 aliphatic heterocycles. The van der Waals surface area contributed by atoms with Crippen LogP contribution in [0.15, 0.2) is 24.3 Å². The van der Waals surface area contributed by atoms with Gasteiger partial charge in [0.05, 0.1) is 0 Å². The Morgan fingerprint density at radius 1 is 1.37 bits per heavy atom. The first-order valence-electron chi connectivity index (χ1n) is 7.04. The molecule has 1 aliphatic rings. The van der Waals surface area contributed by atoms with Crippen molar-refractivity contribution in [2.45, 2.75) is 39.0 Å². The Bertz CT molecular complexity index is 439. The zero-order valence-electron chi connectivity index (χ0n) is 11.5. The Kier molecular flexibility index (Phi) is 4.30. The number of carbonyl (C=O) groups excluding carboxylic acids is 1. The third kappa shape index (κ3) is 3.63. The fourth-order valence-corrected chi connectivity index (χ4v) is 2.84. The molecular formula is C15H23N3O. The molecule has 1 aromatic carbocycles. The lowest BCUT2D eigenvalue weighted by Gasteiger charge is -2.27. The van der Waals surface area contributed by atoms with Crippen LogP contribution in [-0.4, -0.2) is 12.6 Å². The van der Waals surface area contributed by atoms with E-state index in [1.165, 1.54) is 25.7 Å². The molecule has 2 rings (SSSR count). The van der Waals surface area contributed by atoms with Crippen molar-refractivity contribution in [2.24, 2.45) is 5.41 Å². The number of hydrogen-bond acceptors (Lipinski definition) is 2. The predicted molar refractivity (Wildman–Crippen MR) is 79.1 cm³/mol. The van der Waals surface area contributed by atoms with E-state index in [-0.39, 0.29) is 6.03 Å². The van der Waals surface area contributed by atoms with Gasteiger partial charge >= 0.3 is 6.03 Å². The SMILES string of the molecule is CCC1(CNC(=O)Nc2cccc(N)c2)CCCC1. The summed E-state index contributed by atoms with van der Waals surface area (Å²) in [6.07, 6.45) is 6.15. The largest absolute Gasteiger partial charge is 0.399 e. The number of carbonyl (C=O) groups is 1. The lowest BCUT2D eigenvalue weighted by Crippen LogP contribution is -2.38. The van der Waals surface area contributed by atoms with Gasteiger partial charge in [-0.25, -0.2) is 4.79 Å². The van der Waals surface area contributed by atoms with Crippen molar-refractivity contribution in [1.82, 2.24) is 5.32 Å². The molecule has 1 saturated carbocycles. The van der Waals surface area contributed by atoms with Crippen LogP contribution in [-0.2, 0) is 0 Å². The van der Waals surface area contributed by atoms with Gasteiger partial charge in [0.1, 0.15) is 0 Å². The van der Waals surface area contributed by atoms with Crippen LogP contribution in [0.5, 0.6) is 0 Å². The number of nitrogens with two attached hydrogens (primary N) is 1. The number of amides is 2. The third-order valence-electron chi connectivity index (χ3n) is 4.18. The summed E-state index contributed by atoms with van der Waals surface area (Å²) in [6, 6.07) is 7.07. The van der Waals surface area contributed by atoms with Gasteiger partial charge in [-0.15, -0.1) is 0 Å². The molecule has 1 aromatic rings. The molecule has 1 aliphatic carbocycles. The lowest BCUT2D eigenvalue weighted by molar-refractivity contribution is 0.234. The van der Waals surface area contributed by atoms with Gasteiger partial charge in [0, 0.05) is 17.9 Å². The Hall–Kier alpha value is -1.71. The summed E-state index contributed by atoms with van der Waals surface area (Å²) < 4.78 is 0. The van der Waals surface area contributed by atoms with E-state index < -0.39 is 0 Å². The summed E-state index contributed by atoms with van der Waals surface area (Å²) in [4.78, 5) is 11.9. The maximum Gasteiger partial charge on any atom is 0.319 e. The molecule has 19 heavy (non-hydrogen) atoms. The number of hydrogen-bond donors (Lipinski definition) is 3. The van der Waals surface area contributed by atoms with E-state index in [1.807, 2.05) is 12.1 Å². The molecule has 1 fully saturated rings. The molecule has 4 N–H and O–H groups in total. The normalized spacial score (nSPS) is 17.1. The zero-order chi connectivity index (χ0) is 13.7. The molecule has 0 spiro atoms. The van der Waals surface area contributed by atoms with Gasteiger partial charge in [-0.1, -0.05) is 25.8 Å². The van der Waals surface area contributed by atoms with E-state index in [0.717, 1.165) is 18.7 Å². The Balaban J connectivity index is 1.84. The van der Waals surface area contributed by atoms with Crippen LogP contribution in [0.25, 0.3) is 0 Å². The van der Waals surface area contributed by atoms with Crippen molar-refractivity contribution in [3.05, 3.63) is 24.3 Å². The second-order valence-electron chi connectivity index (χ2n) is 5.49. The van der Waals surface area contributed by atoms with E-state index in [1.54, 1.807) is 12.1 Å². The Labute approximate surface area is 114 Å². The minimum atomic E-state index is -0.148. The number of nitrogens with one attached hydrogen (secondary N) is 2. The van der Waals surface area contributed by atoms with Crippen molar-refractivity contribution in [1.29, 1.82) is 0 Å². The van der Waals surface area contributed by atoms with Gasteiger partial charge in [0.2, 0.25) is 0 Å². The van der Waals surface area contributed by atoms with Gasteiger partial charge in [-0.2, -0.15) is 0 Å². The molecule has 0 radical (unpaired) electrons. The maximum absolute atomic E-state index is 11.9. The fraction of sp³-hybridized carbons (Fsp3) is 0.533. The summed E-state index contributed by atoms with van der Waals surface area (Å²) >= 11 is 0. The summed E-state index contributed by atoms with van der Waals surface area (Å²) in [5, 5.41) is 5.81. The van der Waals surface area contributed by atoms with Gasteiger partial charge in [-0.05, 0) is 42.9 Å². The highest BCUT2D eigenvalue weighted by Gasteiger charge is 2.32. The van der Waals surface area contributed by atoms with Crippen molar-refractivity contribution in [3.8, 4) is 0 Å². The van der Waals surface area contributed by atoms with Gasteiger partial charge in [0.15, 0.2) is 0 Å². The van der Waals surface area contributed by atoms with E-state index >= 15 is 0 Å². The molecule has 0 atom stereocenters. The second kappa shape index (κ2) is 5.95. The average Bonchev–Trinajstić information content (AvgIpc) is 2.86. The molecule has 0 heterocycles. The van der Waals surface area contributed by atoms with Crippen LogP contribution >= 0.6 is 0 Å². The topological polar surface area (TPSA) is 67.2 Å². The Morgan fingerprint density at radius 3 is 2.74 bits per heavy atom. The number of anilines is 2. The van der Waals surface area contributed by atoms with Crippen molar-refractivity contribution >= 4 is 17.4 Å². The number of urea groups is 1. The number of benzene rings is 1. The quantitative estimate of drug-likeness (QED) is 0.727. The number of nitrogen functional groups attached to an aromatic ring is 1. The van der Waals surface area contributed by atoms with Crippen molar-refractivity contribution in [3.63, 3.8) is 0 Å². The van der Waals surface area contributed by atoms with E-state index in [9.17, 15) is 4.79 Å². The highest BCUT2D eigenvalue weighted by atomic mass is 16.2. The Morgan fingerprint density at radius 2 is 2.11 bits per heavy atom. The molecule has 0 bridgehead atoms. The highest BCUT2D eigenvalue weighted by Crippen LogP contribution is 2.40. The summed E-state index contributed by atoms with van der Waals surface area (Å²) in [6.45, 7) is 2.97. The molecule has 0 aromatic heterocycles. The van der Waals surface area contributed by atoms with Gasteiger partial charge < -0.3 is 16.4 Å². The molecule has 0 unspecified atom stereocenters. The fourth-order valence-electron chi connectivity index (χ4n) is 2.84. The van der Waals surface area contributed by atoms with Crippen LogP contribution in [0.4, 0.5) is 16.2 Å². The van der Waals surface area contributed by atoms with Crippen LogP contribution in [0.3, 0.4) is 0 Å². The standard InChI is InChI=1S/C15H23N3O/c1-2-15(8-3-4-9-15)11-17-14(19)18-13-7-5-6-12(16)10-13/h5-7,10H,2-4,8-9,11,16H2,1H3,(H2,17,18,19). The monoisotopic (exact) mass is 261 g/mol. The first kappa shape index (κ1) is 13.7. The molecule has 104 valence electrons. The van der Waals surface area contributed by atoms with Crippen molar-refractivity contribution < 1.29 is 4.79 Å². The summed E-state index contributed by atoms with van der Waals surface area (Å²) in [7, 11) is 0. The maximum atomic E-state index is 11.9. The highest BCUT2D eigenvalue weighted by molar-refractivity contribution is 5.89. The van der Waals surface area contributed by atoms with Crippen LogP contribution in [0.2, 0.25) is 0 Å². The van der Waals surface area contributed by atoms with Crippen LogP contribution in [0.1, 0.15) is 39.0 Å². The van der Waals surface area contributed by atoms with Crippen molar-refractivity contribution in [2.75, 3.05) is 17.6 Å². The third-order valence-corrected chi connectivity index (χ3v) is 4.18. The summed E-state index contributed by atoms with van der Waals surface area (Å²) in [5.74, 6) is 0. The average molecular weight is 261 g/mol. The van der Waals surface area contributed by atoms with Crippen LogP contribution < -0.4 is 16.4 Å². The van der Waals surface area contributed by atoms with E-state index in [2.05, 4.69) is 17.6 Å². The minimum absolute atomic E-state index is 0.148. The predicted octanol–water partition coefficient (Wildman–Crippen LogP) is 3.36. The zero-order valence-corrected chi connectivity index (χ0v) is 11.5. The first-order chi connectivity index (χ1) is 9.13. The smallest absolute Gasteiger partial charge is 0.319 e. The lowest BCUT2D eigenvalue weighted by atomic mass is 9.83. The molecule has 4 heteroatoms. The molecule has 0 saturated heterocycles. The summed E-state index contributed by atoms with van der Waals surface area (Å²) in [5.41, 5.74) is 7.37. The molecule has 4 nitrogen and oxygen atoms in total. The van der Waals surface area contributed by atoms with E-state index in [4.69, 9.17) is 5.73 Å². The van der Waals surface area contributed by atoms with Gasteiger partial charge in [0.25, 0.3) is 0 Å². The van der Waals surface area contributed by atoms with Gasteiger partial charge in [-0.3, -0.25) is 0 Å². The minimum Gasteiger partial charge on any atom is -0.399 e. The van der Waals surface area contributed by atoms with Crippen LogP contribution in [0, 0.1) is 5.41 Å². The molecular weight excluding hydrogens is 238 g/mol. The second-order valence-corrected chi connectivity index (χ2v) is 5.49. The van der Waals surface area contributed by atoms with E-state index in [0.29, 0.717) is 11.1 Å². The first-order valence-corrected chi connectivity index (χ1v) is 7.04. The number of rotatable bonds is 4. The molecule has 2 amide bonds.